The van der Waals surface area contributed by atoms with Gasteiger partial charge in [-0.1, -0.05) is 250 Å². The average Bonchev–Trinajstić information content (AvgIpc) is 3.88. The Balaban J connectivity index is 1.02. The van der Waals surface area contributed by atoms with E-state index in [1.54, 1.807) is 0 Å². The predicted octanol–water partition coefficient (Wildman–Crippen LogP) is 21.1. The largest absolute Gasteiger partial charge is 0.310 e. The summed E-state index contributed by atoms with van der Waals surface area (Å²) in [5, 5.41) is 7.47. The number of hydrogen-bond acceptors (Lipinski definition) is 2. The molecule has 0 heterocycles. The van der Waals surface area contributed by atoms with Gasteiger partial charge >= 0.3 is 0 Å². The molecule has 0 bridgehead atoms. The van der Waals surface area contributed by atoms with E-state index in [1.807, 2.05) is 0 Å². The summed E-state index contributed by atoms with van der Waals surface area (Å²) in [5.41, 5.74) is 21.0. The molecule has 1 aliphatic carbocycles. The maximum absolute atomic E-state index is 2.52. The number of anilines is 6. The Morgan fingerprint density at radius 2 is 0.649 bits per heavy atom. The lowest BCUT2D eigenvalue weighted by atomic mass is 9.77. The first kappa shape index (κ1) is 45.8. The predicted molar refractivity (Wildman–Crippen MR) is 328 cm³/mol. The number of fused-ring (bicyclic) bond motifs is 10. The fourth-order valence-corrected chi connectivity index (χ4v) is 12.5. The summed E-state index contributed by atoms with van der Waals surface area (Å²) in [6.45, 7) is 4.91. The molecule has 13 aromatic rings. The number of hydrogen-bond donors (Lipinski definition) is 0. The standard InChI is InChI=1S/C75H54N2/c1-75(2)73-65-40-24-22-38-63(65)71(77(58-35-19-8-20-36-58)70-48-56(52-27-11-4-12-28-52)42-45-61(70)54-31-15-6-16-32-54)50-68(73)72-64-39-23-21-37-62(64)67-49-59(43-46-66(67)74(72)75)76(57-33-17-7-18-34-57)69-47-55(51-25-9-3-10-26-51)41-44-60(69)53-29-13-5-14-30-53/h3-50H,1-2H3. The summed E-state index contributed by atoms with van der Waals surface area (Å²) in [7, 11) is 0. The molecule has 0 saturated carbocycles. The van der Waals surface area contributed by atoms with Crippen molar-refractivity contribution in [2.75, 3.05) is 9.80 Å². The fourth-order valence-electron chi connectivity index (χ4n) is 12.5. The Morgan fingerprint density at radius 3 is 1.18 bits per heavy atom. The average molecular weight is 983 g/mol. The van der Waals surface area contributed by atoms with Gasteiger partial charge in [-0.3, -0.25) is 0 Å². The first-order valence-corrected chi connectivity index (χ1v) is 26.8. The van der Waals surface area contributed by atoms with Crippen LogP contribution in [0.25, 0.3) is 88.0 Å². The Kier molecular flexibility index (Phi) is 11.2. The zero-order chi connectivity index (χ0) is 51.5. The van der Waals surface area contributed by atoms with Crippen LogP contribution in [0.2, 0.25) is 0 Å². The molecule has 13 aromatic carbocycles. The highest BCUT2D eigenvalue weighted by atomic mass is 15.2. The second-order valence-electron chi connectivity index (χ2n) is 20.8. The maximum Gasteiger partial charge on any atom is 0.0546 e. The van der Waals surface area contributed by atoms with E-state index in [-0.39, 0.29) is 5.41 Å². The molecule has 0 atom stereocenters. The van der Waals surface area contributed by atoms with Gasteiger partial charge in [-0.2, -0.15) is 0 Å². The summed E-state index contributed by atoms with van der Waals surface area (Å²) < 4.78 is 0. The highest BCUT2D eigenvalue weighted by Crippen LogP contribution is 2.59. The van der Waals surface area contributed by atoms with Gasteiger partial charge < -0.3 is 9.80 Å². The minimum absolute atomic E-state index is 0.365. The van der Waals surface area contributed by atoms with Crippen LogP contribution in [-0.4, -0.2) is 0 Å². The second kappa shape index (κ2) is 18.9. The van der Waals surface area contributed by atoms with Crippen molar-refractivity contribution in [1.29, 1.82) is 0 Å². The lowest BCUT2D eigenvalue weighted by Gasteiger charge is -2.31. The third-order valence-corrected chi connectivity index (χ3v) is 15.9. The molecule has 1 aliphatic rings. The summed E-state index contributed by atoms with van der Waals surface area (Å²) in [6, 6.07) is 107. The highest BCUT2D eigenvalue weighted by Gasteiger charge is 2.41. The Labute approximate surface area is 451 Å². The van der Waals surface area contributed by atoms with Crippen LogP contribution in [0, 0.1) is 0 Å². The van der Waals surface area contributed by atoms with Crippen LogP contribution in [0.5, 0.6) is 0 Å². The normalized spacial score (nSPS) is 12.4. The molecular weight excluding hydrogens is 929 g/mol. The van der Waals surface area contributed by atoms with Crippen LogP contribution in [-0.2, 0) is 5.41 Å². The van der Waals surface area contributed by atoms with Crippen molar-refractivity contribution >= 4 is 66.4 Å². The van der Waals surface area contributed by atoms with Crippen LogP contribution in [0.4, 0.5) is 34.1 Å². The lowest BCUT2D eigenvalue weighted by molar-refractivity contribution is 0.672. The first-order valence-electron chi connectivity index (χ1n) is 26.8. The minimum atomic E-state index is -0.365. The van der Waals surface area contributed by atoms with Crippen LogP contribution in [0.1, 0.15) is 25.0 Å². The van der Waals surface area contributed by atoms with Gasteiger partial charge in [0.05, 0.1) is 17.1 Å². The quantitative estimate of drug-likeness (QED) is 0.126. The van der Waals surface area contributed by atoms with Crippen LogP contribution in [0.15, 0.2) is 291 Å². The smallest absolute Gasteiger partial charge is 0.0546 e. The molecule has 0 unspecified atom stereocenters. The van der Waals surface area contributed by atoms with Crippen LogP contribution < -0.4 is 9.80 Å². The molecule has 0 radical (unpaired) electrons. The molecule has 0 fully saturated rings. The summed E-state index contributed by atoms with van der Waals surface area (Å²) in [5.74, 6) is 0. The summed E-state index contributed by atoms with van der Waals surface area (Å²) in [6.07, 6.45) is 0. The van der Waals surface area contributed by atoms with E-state index in [0.717, 1.165) is 34.1 Å². The highest BCUT2D eigenvalue weighted by molar-refractivity contribution is 6.21. The molecule has 0 N–H and O–H groups in total. The summed E-state index contributed by atoms with van der Waals surface area (Å²) >= 11 is 0. The van der Waals surface area contributed by atoms with E-state index in [0.29, 0.717) is 0 Å². The molecule has 0 saturated heterocycles. The van der Waals surface area contributed by atoms with Crippen molar-refractivity contribution in [3.8, 4) is 55.6 Å². The molecule has 2 heteroatoms. The van der Waals surface area contributed by atoms with E-state index in [9.17, 15) is 0 Å². The van der Waals surface area contributed by atoms with Gasteiger partial charge in [0.2, 0.25) is 0 Å². The third-order valence-electron chi connectivity index (χ3n) is 15.9. The topological polar surface area (TPSA) is 6.48 Å². The number of para-hydroxylation sites is 2. The zero-order valence-corrected chi connectivity index (χ0v) is 43.1. The van der Waals surface area contributed by atoms with Gasteiger partial charge in [-0.15, -0.1) is 0 Å². The van der Waals surface area contributed by atoms with Crippen molar-refractivity contribution in [3.05, 3.63) is 302 Å². The van der Waals surface area contributed by atoms with Gasteiger partial charge in [0.15, 0.2) is 0 Å². The monoisotopic (exact) mass is 982 g/mol. The molecule has 0 aliphatic heterocycles. The third kappa shape index (κ3) is 7.80. The van der Waals surface area contributed by atoms with E-state index >= 15 is 0 Å². The van der Waals surface area contributed by atoms with Crippen molar-refractivity contribution in [1.82, 2.24) is 0 Å². The fraction of sp³-hybridized carbons (Fsp3) is 0.0400. The molecule has 2 nitrogen and oxygen atoms in total. The number of rotatable bonds is 10. The van der Waals surface area contributed by atoms with Crippen molar-refractivity contribution in [2.45, 2.75) is 19.3 Å². The molecule has 0 spiro atoms. The van der Waals surface area contributed by atoms with Gasteiger partial charge in [-0.25, -0.2) is 0 Å². The molecule has 364 valence electrons. The van der Waals surface area contributed by atoms with Crippen molar-refractivity contribution in [3.63, 3.8) is 0 Å². The Hall–Kier alpha value is -9.76. The number of nitrogens with zero attached hydrogens (tertiary/aromatic N) is 2. The maximum atomic E-state index is 2.52. The lowest BCUT2D eigenvalue weighted by Crippen LogP contribution is -2.17. The molecule has 77 heavy (non-hydrogen) atoms. The van der Waals surface area contributed by atoms with Gasteiger partial charge in [0.1, 0.15) is 0 Å². The molecular formula is C75H54N2. The van der Waals surface area contributed by atoms with Gasteiger partial charge in [0.25, 0.3) is 0 Å². The molecule has 0 aromatic heterocycles. The van der Waals surface area contributed by atoms with E-state index in [2.05, 4.69) is 315 Å². The van der Waals surface area contributed by atoms with Crippen LogP contribution in [0.3, 0.4) is 0 Å². The van der Waals surface area contributed by atoms with E-state index in [1.165, 1.54) is 99.1 Å². The Bertz CT molecular complexity index is 4320. The van der Waals surface area contributed by atoms with E-state index < -0.39 is 0 Å². The van der Waals surface area contributed by atoms with Crippen LogP contribution >= 0.6 is 0 Å². The SMILES string of the molecule is CC1(C)c2c(cc(N(c3ccccc3)c3cc(-c4ccccc4)ccc3-c3ccccc3)c3ccccc23)-c2c1c1ccc(N(c3ccccc3)c3cc(-c4ccccc4)ccc3-c3ccccc3)cc1c1ccccc21. The first-order chi connectivity index (χ1) is 38.0. The minimum Gasteiger partial charge on any atom is -0.310 e. The Morgan fingerprint density at radius 1 is 0.234 bits per heavy atom. The molecule has 14 rings (SSSR count). The van der Waals surface area contributed by atoms with Crippen molar-refractivity contribution < 1.29 is 0 Å². The summed E-state index contributed by atoms with van der Waals surface area (Å²) in [4.78, 5) is 4.98. The number of benzene rings is 13. The molecule has 0 amide bonds. The van der Waals surface area contributed by atoms with Gasteiger partial charge in [0, 0.05) is 39.0 Å². The zero-order valence-electron chi connectivity index (χ0n) is 43.1. The van der Waals surface area contributed by atoms with E-state index in [4.69, 9.17) is 0 Å². The van der Waals surface area contributed by atoms with Crippen molar-refractivity contribution in [2.24, 2.45) is 0 Å². The van der Waals surface area contributed by atoms with Gasteiger partial charge in [-0.05, 0) is 137 Å². The second-order valence-corrected chi connectivity index (χ2v) is 20.8.